The van der Waals surface area contributed by atoms with Crippen molar-refractivity contribution in [1.29, 1.82) is 0 Å². The van der Waals surface area contributed by atoms with E-state index in [2.05, 4.69) is 11.5 Å². The first-order valence-corrected chi connectivity index (χ1v) is 7.19. The van der Waals surface area contributed by atoms with E-state index in [9.17, 15) is 10.1 Å². The second kappa shape index (κ2) is 5.91. The average Bonchev–Trinajstić information content (AvgIpc) is 2.77. The molecule has 0 bridgehead atoms. The molecule has 0 atom stereocenters. The number of fused-ring (bicyclic) bond motifs is 1. The predicted molar refractivity (Wildman–Crippen MR) is 76.2 cm³/mol. The van der Waals surface area contributed by atoms with Crippen molar-refractivity contribution in [2.45, 2.75) is 19.9 Å². The Balaban J connectivity index is 2.17. The zero-order valence-electron chi connectivity index (χ0n) is 10.3. The summed E-state index contributed by atoms with van der Waals surface area (Å²) in [6.45, 7) is 3.07. The smallest absolute Gasteiger partial charge is 0.271 e. The Kier molecular flexibility index (Phi) is 4.25. The molecule has 0 saturated heterocycles. The lowest BCUT2D eigenvalue weighted by Gasteiger charge is -2.04. The van der Waals surface area contributed by atoms with Crippen LogP contribution >= 0.6 is 11.8 Å². The van der Waals surface area contributed by atoms with Gasteiger partial charge in [0.2, 0.25) is 0 Å². The molecule has 18 heavy (non-hydrogen) atoms. The van der Waals surface area contributed by atoms with Gasteiger partial charge in [0.15, 0.2) is 0 Å². The number of hydrogen-bond donors (Lipinski definition) is 0. The summed E-state index contributed by atoms with van der Waals surface area (Å²) < 4.78 is 2.10. The highest BCUT2D eigenvalue weighted by Crippen LogP contribution is 2.22. The molecule has 0 amide bonds. The number of benzene rings is 1. The van der Waals surface area contributed by atoms with E-state index in [0.717, 1.165) is 35.4 Å². The van der Waals surface area contributed by atoms with Crippen molar-refractivity contribution in [2.24, 2.45) is 0 Å². The number of aryl methyl sites for hydroxylation is 1. The van der Waals surface area contributed by atoms with Crippen molar-refractivity contribution < 1.29 is 4.92 Å². The van der Waals surface area contributed by atoms with Crippen molar-refractivity contribution in [3.05, 3.63) is 40.6 Å². The maximum Gasteiger partial charge on any atom is 0.271 e. The SMILES string of the molecule is CCSCCCn1ccc2ccc([N+](=O)[O-])cc21. The Bertz CT molecular complexity index is 551. The third-order valence-corrected chi connectivity index (χ3v) is 3.85. The predicted octanol–water partition coefficient (Wildman–Crippen LogP) is 3.69. The van der Waals surface area contributed by atoms with E-state index in [1.54, 1.807) is 12.1 Å². The summed E-state index contributed by atoms with van der Waals surface area (Å²) in [5, 5.41) is 11.8. The normalized spacial score (nSPS) is 10.9. The molecular formula is C13H16N2O2S. The number of nitrogens with zero attached hydrogens (tertiary/aromatic N) is 2. The largest absolute Gasteiger partial charge is 0.347 e. The monoisotopic (exact) mass is 264 g/mol. The molecule has 0 N–H and O–H groups in total. The molecule has 0 radical (unpaired) electrons. The molecule has 0 spiro atoms. The van der Waals surface area contributed by atoms with Crippen LogP contribution < -0.4 is 0 Å². The minimum absolute atomic E-state index is 0.158. The first kappa shape index (κ1) is 13.0. The first-order valence-electron chi connectivity index (χ1n) is 6.03. The fourth-order valence-corrected chi connectivity index (χ4v) is 2.58. The van der Waals surface area contributed by atoms with Crippen molar-refractivity contribution in [1.82, 2.24) is 4.57 Å². The highest BCUT2D eigenvalue weighted by Gasteiger charge is 2.08. The number of rotatable bonds is 6. The molecule has 2 rings (SSSR count). The van der Waals surface area contributed by atoms with Crippen molar-refractivity contribution >= 4 is 28.4 Å². The molecule has 5 heteroatoms. The van der Waals surface area contributed by atoms with Gasteiger partial charge in [-0.25, -0.2) is 0 Å². The Morgan fingerprint density at radius 1 is 1.39 bits per heavy atom. The van der Waals surface area contributed by atoms with Crippen LogP contribution in [0.25, 0.3) is 10.9 Å². The fraction of sp³-hybridized carbons (Fsp3) is 0.385. The van der Waals surface area contributed by atoms with Gasteiger partial charge in [0.05, 0.1) is 10.4 Å². The fourth-order valence-electron chi connectivity index (χ4n) is 1.96. The number of nitro benzene ring substituents is 1. The van der Waals surface area contributed by atoms with E-state index in [1.807, 2.05) is 30.1 Å². The molecule has 0 aliphatic rings. The first-order chi connectivity index (χ1) is 8.72. The number of non-ortho nitro benzene ring substituents is 1. The van der Waals surface area contributed by atoms with Crippen molar-refractivity contribution in [3.8, 4) is 0 Å². The van der Waals surface area contributed by atoms with E-state index >= 15 is 0 Å². The standard InChI is InChI=1S/C13H16N2O2S/c1-2-18-9-3-7-14-8-6-11-4-5-12(15(16)17)10-13(11)14/h4-6,8,10H,2-3,7,9H2,1H3. The molecule has 1 aromatic carbocycles. The van der Waals surface area contributed by atoms with Crippen LogP contribution in [0.2, 0.25) is 0 Å². The maximum absolute atomic E-state index is 10.8. The topological polar surface area (TPSA) is 48.1 Å². The lowest BCUT2D eigenvalue weighted by molar-refractivity contribution is -0.384. The molecule has 0 unspecified atom stereocenters. The second-order valence-corrected chi connectivity index (χ2v) is 5.45. The Labute approximate surface area is 110 Å². The average molecular weight is 264 g/mol. The highest BCUT2D eigenvalue weighted by molar-refractivity contribution is 7.99. The van der Waals surface area contributed by atoms with Crippen molar-refractivity contribution in [2.75, 3.05) is 11.5 Å². The number of nitro groups is 1. The Hall–Kier alpha value is -1.49. The molecule has 1 heterocycles. The summed E-state index contributed by atoms with van der Waals surface area (Å²) in [7, 11) is 0. The molecular weight excluding hydrogens is 248 g/mol. The zero-order chi connectivity index (χ0) is 13.0. The van der Waals surface area contributed by atoms with E-state index in [1.165, 1.54) is 0 Å². The minimum atomic E-state index is -0.344. The molecule has 0 saturated carbocycles. The molecule has 0 aliphatic carbocycles. The number of hydrogen-bond acceptors (Lipinski definition) is 3. The summed E-state index contributed by atoms with van der Waals surface area (Å²) in [6, 6.07) is 7.03. The molecule has 1 aromatic heterocycles. The van der Waals surface area contributed by atoms with Gasteiger partial charge in [0.25, 0.3) is 5.69 Å². The van der Waals surface area contributed by atoms with Crippen LogP contribution in [0.5, 0.6) is 0 Å². The quantitative estimate of drug-likeness (QED) is 0.454. The summed E-state index contributed by atoms with van der Waals surface area (Å²) in [5.74, 6) is 2.27. The lowest BCUT2D eigenvalue weighted by atomic mass is 10.2. The maximum atomic E-state index is 10.8. The number of aromatic nitrogens is 1. The van der Waals surface area contributed by atoms with Gasteiger partial charge in [-0.05, 0) is 30.1 Å². The van der Waals surface area contributed by atoms with Crippen LogP contribution in [0.15, 0.2) is 30.5 Å². The van der Waals surface area contributed by atoms with Crippen LogP contribution in [0.4, 0.5) is 5.69 Å². The Morgan fingerprint density at radius 3 is 2.94 bits per heavy atom. The highest BCUT2D eigenvalue weighted by atomic mass is 32.2. The van der Waals surface area contributed by atoms with E-state index in [4.69, 9.17) is 0 Å². The number of thioether (sulfide) groups is 1. The van der Waals surface area contributed by atoms with Gasteiger partial charge in [-0.1, -0.05) is 6.92 Å². The summed E-state index contributed by atoms with van der Waals surface area (Å²) in [5.41, 5.74) is 1.11. The van der Waals surface area contributed by atoms with Gasteiger partial charge in [0.1, 0.15) is 0 Å². The van der Waals surface area contributed by atoms with Gasteiger partial charge in [0, 0.05) is 30.3 Å². The lowest BCUT2D eigenvalue weighted by Crippen LogP contribution is -1.98. The second-order valence-electron chi connectivity index (χ2n) is 4.06. The van der Waals surface area contributed by atoms with Gasteiger partial charge in [-0.15, -0.1) is 0 Å². The minimum Gasteiger partial charge on any atom is -0.347 e. The molecule has 0 aliphatic heterocycles. The third kappa shape index (κ3) is 2.85. The van der Waals surface area contributed by atoms with Crippen LogP contribution in [-0.2, 0) is 6.54 Å². The van der Waals surface area contributed by atoms with Crippen LogP contribution in [0.3, 0.4) is 0 Å². The molecule has 4 nitrogen and oxygen atoms in total. The van der Waals surface area contributed by atoms with Crippen molar-refractivity contribution in [3.63, 3.8) is 0 Å². The van der Waals surface area contributed by atoms with Gasteiger partial charge in [-0.2, -0.15) is 11.8 Å². The van der Waals surface area contributed by atoms with Crippen LogP contribution in [-0.4, -0.2) is 21.0 Å². The third-order valence-electron chi connectivity index (χ3n) is 2.86. The summed E-state index contributed by atoms with van der Waals surface area (Å²) in [4.78, 5) is 10.4. The van der Waals surface area contributed by atoms with Crippen LogP contribution in [0, 0.1) is 10.1 Å². The summed E-state index contributed by atoms with van der Waals surface area (Å²) >= 11 is 1.92. The van der Waals surface area contributed by atoms with E-state index < -0.39 is 0 Å². The van der Waals surface area contributed by atoms with E-state index in [-0.39, 0.29) is 10.6 Å². The van der Waals surface area contributed by atoms with E-state index in [0.29, 0.717) is 0 Å². The van der Waals surface area contributed by atoms with Gasteiger partial charge >= 0.3 is 0 Å². The molecule has 2 aromatic rings. The van der Waals surface area contributed by atoms with Crippen LogP contribution in [0.1, 0.15) is 13.3 Å². The van der Waals surface area contributed by atoms with Gasteiger partial charge < -0.3 is 4.57 Å². The molecule has 96 valence electrons. The molecule has 0 fully saturated rings. The summed E-state index contributed by atoms with van der Waals surface area (Å²) in [6.07, 6.45) is 3.09. The Morgan fingerprint density at radius 2 is 2.22 bits per heavy atom. The zero-order valence-corrected chi connectivity index (χ0v) is 11.2. The van der Waals surface area contributed by atoms with Gasteiger partial charge in [-0.3, -0.25) is 10.1 Å².